The number of piperidine rings is 1. The third-order valence-electron chi connectivity index (χ3n) is 6.03. The Morgan fingerprint density at radius 1 is 1.31 bits per heavy atom. The molecule has 1 saturated heterocycles. The molecular weight excluding hydrogens is 330 g/mol. The quantitative estimate of drug-likeness (QED) is 0.791. The molecular formula is C20H31N3O3. The van der Waals surface area contributed by atoms with Crippen LogP contribution in [0, 0.1) is 5.41 Å². The van der Waals surface area contributed by atoms with E-state index in [0.717, 1.165) is 24.1 Å². The Labute approximate surface area is 155 Å². The smallest absolute Gasteiger partial charge is 0.226 e. The summed E-state index contributed by atoms with van der Waals surface area (Å²) in [4.78, 5) is 16.6. The van der Waals surface area contributed by atoms with Gasteiger partial charge >= 0.3 is 0 Å². The molecule has 2 fully saturated rings. The number of benzene rings is 1. The van der Waals surface area contributed by atoms with Gasteiger partial charge in [-0.05, 0) is 30.5 Å². The minimum absolute atomic E-state index is 0.0804. The summed E-state index contributed by atoms with van der Waals surface area (Å²) in [6, 6.07) is 8.12. The predicted molar refractivity (Wildman–Crippen MR) is 102 cm³/mol. The number of carbonyl (C=O) groups is 1. The van der Waals surface area contributed by atoms with Crippen molar-refractivity contribution in [3.8, 4) is 0 Å². The number of likely N-dealkylation sites (tertiary alicyclic amines) is 1. The number of nitrogens with zero attached hydrogens (tertiary/aromatic N) is 2. The molecule has 3 N–H and O–H groups in total. The van der Waals surface area contributed by atoms with Gasteiger partial charge in [-0.3, -0.25) is 4.79 Å². The van der Waals surface area contributed by atoms with E-state index in [4.69, 9.17) is 10.5 Å². The van der Waals surface area contributed by atoms with E-state index < -0.39 is 0 Å². The van der Waals surface area contributed by atoms with Crippen LogP contribution in [-0.2, 0) is 16.0 Å². The van der Waals surface area contributed by atoms with Crippen LogP contribution in [0.3, 0.4) is 0 Å². The van der Waals surface area contributed by atoms with Crippen LogP contribution >= 0.6 is 0 Å². The van der Waals surface area contributed by atoms with Crippen LogP contribution in [0.4, 0.5) is 5.69 Å². The Kier molecular flexibility index (Phi) is 5.85. The van der Waals surface area contributed by atoms with Crippen molar-refractivity contribution in [1.82, 2.24) is 4.90 Å². The molecule has 3 rings (SSSR count). The van der Waals surface area contributed by atoms with E-state index in [-0.39, 0.29) is 23.5 Å². The number of aliphatic hydroxyl groups excluding tert-OH is 1. The van der Waals surface area contributed by atoms with Crippen molar-refractivity contribution in [2.75, 3.05) is 45.2 Å². The first-order valence-corrected chi connectivity index (χ1v) is 9.50. The van der Waals surface area contributed by atoms with Crippen molar-refractivity contribution in [3.05, 3.63) is 29.8 Å². The van der Waals surface area contributed by atoms with E-state index in [9.17, 15) is 9.90 Å². The maximum Gasteiger partial charge on any atom is 0.226 e. The zero-order valence-electron chi connectivity index (χ0n) is 15.9. The average molecular weight is 361 g/mol. The molecule has 1 aliphatic carbocycles. The van der Waals surface area contributed by atoms with Gasteiger partial charge in [0.2, 0.25) is 5.91 Å². The molecule has 26 heavy (non-hydrogen) atoms. The van der Waals surface area contributed by atoms with Crippen LogP contribution in [0.25, 0.3) is 0 Å². The lowest BCUT2D eigenvalue weighted by atomic mass is 9.58. The maximum atomic E-state index is 12.6. The third kappa shape index (κ3) is 3.72. The Hall–Kier alpha value is -1.63. The third-order valence-corrected chi connectivity index (χ3v) is 6.03. The lowest BCUT2D eigenvalue weighted by molar-refractivity contribution is -0.210. The van der Waals surface area contributed by atoms with E-state index >= 15 is 0 Å². The molecule has 6 nitrogen and oxygen atoms in total. The fourth-order valence-corrected chi connectivity index (χ4v) is 4.20. The number of amides is 1. The second-order valence-electron chi connectivity index (χ2n) is 7.75. The Morgan fingerprint density at radius 3 is 2.50 bits per heavy atom. The lowest BCUT2D eigenvalue weighted by Gasteiger charge is -2.56. The van der Waals surface area contributed by atoms with E-state index in [1.807, 2.05) is 48.2 Å². The van der Waals surface area contributed by atoms with E-state index in [1.165, 1.54) is 0 Å². The molecule has 1 amide bonds. The molecule has 2 atom stereocenters. The molecule has 0 bridgehead atoms. The lowest BCUT2D eigenvalue weighted by Crippen LogP contribution is -2.63. The summed E-state index contributed by atoms with van der Waals surface area (Å²) in [7, 11) is 4.01. The summed E-state index contributed by atoms with van der Waals surface area (Å²) >= 11 is 0. The van der Waals surface area contributed by atoms with Crippen LogP contribution in [0.1, 0.15) is 24.8 Å². The van der Waals surface area contributed by atoms with Gasteiger partial charge in [-0.2, -0.15) is 0 Å². The van der Waals surface area contributed by atoms with Crippen LogP contribution in [-0.4, -0.2) is 68.5 Å². The van der Waals surface area contributed by atoms with Crippen molar-refractivity contribution >= 4 is 11.6 Å². The second-order valence-corrected chi connectivity index (χ2v) is 7.75. The molecule has 1 aliphatic heterocycles. The van der Waals surface area contributed by atoms with Crippen molar-refractivity contribution in [3.63, 3.8) is 0 Å². The molecule has 1 spiro atoms. The van der Waals surface area contributed by atoms with Gasteiger partial charge in [0.05, 0.1) is 25.2 Å². The van der Waals surface area contributed by atoms with E-state index in [1.54, 1.807) is 0 Å². The number of aliphatic hydroxyl groups is 1. The highest BCUT2D eigenvalue weighted by Crippen LogP contribution is 2.50. The van der Waals surface area contributed by atoms with Crippen molar-refractivity contribution in [2.24, 2.45) is 11.1 Å². The first kappa shape index (κ1) is 19.1. The van der Waals surface area contributed by atoms with Gasteiger partial charge in [0.1, 0.15) is 0 Å². The number of carbonyl (C=O) groups excluding carboxylic acids is 1. The molecule has 0 unspecified atom stereocenters. The molecule has 1 heterocycles. The zero-order valence-corrected chi connectivity index (χ0v) is 15.9. The maximum absolute atomic E-state index is 12.6. The number of anilines is 1. The summed E-state index contributed by atoms with van der Waals surface area (Å²) in [6.45, 7) is 2.41. The molecule has 0 aromatic heterocycles. The highest BCUT2D eigenvalue weighted by molar-refractivity contribution is 5.79. The van der Waals surface area contributed by atoms with Gasteiger partial charge < -0.3 is 25.4 Å². The van der Waals surface area contributed by atoms with Crippen molar-refractivity contribution < 1.29 is 14.6 Å². The summed E-state index contributed by atoms with van der Waals surface area (Å²) < 4.78 is 5.82. The molecule has 1 aromatic rings. The molecule has 0 radical (unpaired) electrons. The van der Waals surface area contributed by atoms with Gasteiger partial charge in [-0.25, -0.2) is 0 Å². The number of hydrogen-bond acceptors (Lipinski definition) is 5. The fourth-order valence-electron chi connectivity index (χ4n) is 4.20. The Morgan fingerprint density at radius 2 is 1.96 bits per heavy atom. The highest BCUT2D eigenvalue weighted by Gasteiger charge is 2.56. The van der Waals surface area contributed by atoms with Crippen molar-refractivity contribution in [1.29, 1.82) is 0 Å². The highest BCUT2D eigenvalue weighted by atomic mass is 16.5. The van der Waals surface area contributed by atoms with Crippen molar-refractivity contribution in [2.45, 2.75) is 37.9 Å². The number of ether oxygens (including phenoxy) is 1. The van der Waals surface area contributed by atoms with Crippen LogP contribution in [0.15, 0.2) is 24.3 Å². The minimum Gasteiger partial charge on any atom is -0.392 e. The molecule has 2 aliphatic rings. The van der Waals surface area contributed by atoms with Gasteiger partial charge in [0.25, 0.3) is 0 Å². The minimum atomic E-state index is -0.318. The molecule has 1 saturated carbocycles. The standard InChI is InChI=1S/C20H31N3O3/c1-22(2)16-5-3-15(4-6-16)13-19(25)23-10-7-20(8-11-23)17(24)14-18(20)26-12-9-21/h3-6,17-18,24H,7-14,21H2,1-2H3/t17-,18+/m1/s1. The normalized spacial score (nSPS) is 24.4. The summed E-state index contributed by atoms with van der Waals surface area (Å²) in [5.41, 5.74) is 7.51. The predicted octanol–water partition coefficient (Wildman–Crippen LogP) is 1.01. The average Bonchev–Trinajstić information content (AvgIpc) is 2.65. The Balaban J connectivity index is 1.53. The topological polar surface area (TPSA) is 79.0 Å². The largest absolute Gasteiger partial charge is 0.392 e. The SMILES string of the molecule is CN(C)c1ccc(CC(=O)N2CCC3(CC2)[C@H](O)C[C@@H]3OCCN)cc1. The summed E-state index contributed by atoms with van der Waals surface area (Å²) in [5, 5.41) is 10.3. The number of nitrogens with two attached hydrogens (primary N) is 1. The van der Waals surface area contributed by atoms with Gasteiger partial charge in [0, 0.05) is 51.3 Å². The monoisotopic (exact) mass is 361 g/mol. The summed E-state index contributed by atoms with van der Waals surface area (Å²) in [5.74, 6) is 0.158. The van der Waals surface area contributed by atoms with E-state index in [0.29, 0.717) is 39.1 Å². The summed E-state index contributed by atoms with van der Waals surface area (Å²) in [6.07, 6.45) is 2.48. The number of hydrogen-bond donors (Lipinski definition) is 2. The zero-order chi connectivity index (χ0) is 18.7. The van der Waals surface area contributed by atoms with Crippen LogP contribution in [0.5, 0.6) is 0 Å². The van der Waals surface area contributed by atoms with Gasteiger partial charge in [-0.15, -0.1) is 0 Å². The number of rotatable bonds is 6. The van der Waals surface area contributed by atoms with Crippen LogP contribution < -0.4 is 10.6 Å². The van der Waals surface area contributed by atoms with Gasteiger partial charge in [-0.1, -0.05) is 12.1 Å². The van der Waals surface area contributed by atoms with Gasteiger partial charge in [0.15, 0.2) is 0 Å². The first-order valence-electron chi connectivity index (χ1n) is 9.50. The first-order chi connectivity index (χ1) is 12.5. The molecule has 1 aromatic carbocycles. The fraction of sp³-hybridized carbons (Fsp3) is 0.650. The van der Waals surface area contributed by atoms with Crippen LogP contribution in [0.2, 0.25) is 0 Å². The molecule has 144 valence electrons. The Bertz CT molecular complexity index is 609. The van der Waals surface area contributed by atoms with E-state index in [2.05, 4.69) is 0 Å². The molecule has 6 heteroatoms. The second kappa shape index (κ2) is 7.94.